The van der Waals surface area contributed by atoms with Gasteiger partial charge in [0.25, 0.3) is 0 Å². The third-order valence-electron chi connectivity index (χ3n) is 1.96. The van der Waals surface area contributed by atoms with Crippen molar-refractivity contribution in [2.75, 3.05) is 19.3 Å². The minimum Gasteiger partial charge on any atom is -0.250 e. The Balaban J connectivity index is 2.47. The summed E-state index contributed by atoms with van der Waals surface area (Å²) < 4.78 is 24.1. The summed E-state index contributed by atoms with van der Waals surface area (Å²) in [7, 11) is -1.44. The summed E-state index contributed by atoms with van der Waals surface area (Å²) in [6.07, 6.45) is 2.42. The molecule has 6 heteroatoms. The van der Waals surface area contributed by atoms with Crippen LogP contribution >= 0.6 is 11.3 Å². The molecule has 0 saturated heterocycles. The summed E-state index contributed by atoms with van der Waals surface area (Å²) in [5.74, 6) is 0.154. The summed E-state index contributed by atoms with van der Waals surface area (Å²) in [6.45, 7) is 2.15. The predicted octanol–water partition coefficient (Wildman–Crippen LogP) is 0.967. The maximum Gasteiger partial charge on any atom is 0.213 e. The Morgan fingerprint density at radius 3 is 2.79 bits per heavy atom. The van der Waals surface area contributed by atoms with Crippen molar-refractivity contribution < 1.29 is 8.42 Å². The highest BCUT2D eigenvalue weighted by Crippen LogP contribution is 2.06. The Morgan fingerprint density at radius 2 is 2.29 bits per heavy atom. The van der Waals surface area contributed by atoms with Crippen molar-refractivity contribution in [3.63, 3.8) is 0 Å². The zero-order chi connectivity index (χ0) is 10.6. The van der Waals surface area contributed by atoms with Gasteiger partial charge in [-0.3, -0.25) is 0 Å². The lowest BCUT2D eigenvalue weighted by atomic mass is 10.4. The van der Waals surface area contributed by atoms with Crippen LogP contribution in [0.1, 0.15) is 11.9 Å². The van der Waals surface area contributed by atoms with E-state index in [1.54, 1.807) is 31.5 Å². The molecule has 0 radical (unpaired) electrons. The first kappa shape index (κ1) is 11.6. The fourth-order valence-electron chi connectivity index (χ4n) is 0.989. The normalized spacial score (nSPS) is 12.2. The Labute approximate surface area is 88.6 Å². The van der Waals surface area contributed by atoms with Crippen LogP contribution in [0.2, 0.25) is 0 Å². The topological polar surface area (TPSA) is 50.3 Å². The largest absolute Gasteiger partial charge is 0.250 e. The Morgan fingerprint density at radius 1 is 1.57 bits per heavy atom. The van der Waals surface area contributed by atoms with Crippen LogP contribution in [0.15, 0.2) is 11.6 Å². The summed E-state index contributed by atoms with van der Waals surface area (Å²) in [6, 6.07) is 0. The molecule has 0 bridgehead atoms. The highest BCUT2D eigenvalue weighted by atomic mass is 32.2. The number of rotatable bonds is 5. The third kappa shape index (κ3) is 3.04. The first-order chi connectivity index (χ1) is 6.56. The average molecular weight is 234 g/mol. The van der Waals surface area contributed by atoms with Gasteiger partial charge in [0.15, 0.2) is 0 Å². The molecule has 0 aromatic carbocycles. The molecule has 1 heterocycles. The first-order valence-electron chi connectivity index (χ1n) is 4.38. The SMILES string of the molecule is CCS(=O)(=O)N(C)CCc1nccs1. The van der Waals surface area contributed by atoms with Gasteiger partial charge in [-0.1, -0.05) is 0 Å². The number of hydrogen-bond donors (Lipinski definition) is 0. The molecule has 14 heavy (non-hydrogen) atoms. The van der Waals surface area contributed by atoms with Crippen LogP contribution in [0.5, 0.6) is 0 Å². The van der Waals surface area contributed by atoms with E-state index in [0.29, 0.717) is 13.0 Å². The number of sulfonamides is 1. The van der Waals surface area contributed by atoms with E-state index in [1.165, 1.54) is 4.31 Å². The van der Waals surface area contributed by atoms with E-state index in [-0.39, 0.29) is 5.75 Å². The molecule has 1 aromatic rings. The number of hydrogen-bond acceptors (Lipinski definition) is 4. The molecule has 0 amide bonds. The van der Waals surface area contributed by atoms with Crippen LogP contribution in [-0.4, -0.2) is 37.1 Å². The molecule has 0 spiro atoms. The van der Waals surface area contributed by atoms with Crippen LogP contribution in [-0.2, 0) is 16.4 Å². The van der Waals surface area contributed by atoms with E-state index < -0.39 is 10.0 Å². The molecule has 4 nitrogen and oxygen atoms in total. The van der Waals surface area contributed by atoms with Crippen LogP contribution in [0.4, 0.5) is 0 Å². The number of thiazole rings is 1. The predicted molar refractivity (Wildman–Crippen MR) is 57.9 cm³/mol. The van der Waals surface area contributed by atoms with Crippen molar-refractivity contribution in [3.8, 4) is 0 Å². The van der Waals surface area contributed by atoms with Crippen LogP contribution in [0, 0.1) is 0 Å². The van der Waals surface area contributed by atoms with Crippen molar-refractivity contribution in [2.24, 2.45) is 0 Å². The molecule has 80 valence electrons. The molecule has 1 rings (SSSR count). The van der Waals surface area contributed by atoms with Gasteiger partial charge in [-0.25, -0.2) is 17.7 Å². The molecule has 0 aliphatic rings. The molecule has 0 fully saturated rings. The van der Waals surface area contributed by atoms with E-state index in [4.69, 9.17) is 0 Å². The Hall–Kier alpha value is -0.460. The van der Waals surface area contributed by atoms with Crippen LogP contribution in [0.3, 0.4) is 0 Å². The van der Waals surface area contributed by atoms with Gasteiger partial charge in [0, 0.05) is 31.6 Å². The van der Waals surface area contributed by atoms with E-state index >= 15 is 0 Å². The van der Waals surface area contributed by atoms with Gasteiger partial charge in [0.2, 0.25) is 10.0 Å². The second-order valence-electron chi connectivity index (χ2n) is 2.90. The summed E-state index contributed by atoms with van der Waals surface area (Å²) >= 11 is 1.55. The lowest BCUT2D eigenvalue weighted by Gasteiger charge is -2.14. The van der Waals surface area contributed by atoms with Crippen molar-refractivity contribution in [3.05, 3.63) is 16.6 Å². The second kappa shape index (κ2) is 4.86. The summed E-state index contributed by atoms with van der Waals surface area (Å²) in [5.41, 5.74) is 0. The summed E-state index contributed by atoms with van der Waals surface area (Å²) in [5, 5.41) is 2.87. The van der Waals surface area contributed by atoms with Gasteiger partial charge in [-0.15, -0.1) is 11.3 Å². The number of aromatic nitrogens is 1. The van der Waals surface area contributed by atoms with Gasteiger partial charge in [0.05, 0.1) is 10.8 Å². The van der Waals surface area contributed by atoms with Gasteiger partial charge < -0.3 is 0 Å². The molecule has 1 aromatic heterocycles. The average Bonchev–Trinajstić information content (AvgIpc) is 2.66. The van der Waals surface area contributed by atoms with E-state index in [0.717, 1.165) is 5.01 Å². The fourth-order valence-corrected chi connectivity index (χ4v) is 2.41. The van der Waals surface area contributed by atoms with Crippen LogP contribution in [0.25, 0.3) is 0 Å². The van der Waals surface area contributed by atoms with Crippen molar-refractivity contribution in [1.29, 1.82) is 0 Å². The van der Waals surface area contributed by atoms with Crippen molar-refractivity contribution in [1.82, 2.24) is 9.29 Å². The standard InChI is InChI=1S/C8H14N2O2S2/c1-3-14(11,12)10(2)6-4-8-9-5-7-13-8/h5,7H,3-4,6H2,1-2H3. The highest BCUT2D eigenvalue weighted by Gasteiger charge is 2.14. The molecule has 0 N–H and O–H groups in total. The smallest absolute Gasteiger partial charge is 0.213 e. The molecule has 0 atom stereocenters. The minimum atomic E-state index is -3.04. The Kier molecular flexibility index (Phi) is 4.03. The Bertz CT molecular complexity index is 359. The molecule has 0 aliphatic carbocycles. The second-order valence-corrected chi connectivity index (χ2v) is 6.24. The van der Waals surface area contributed by atoms with E-state index in [2.05, 4.69) is 4.98 Å². The van der Waals surface area contributed by atoms with Gasteiger partial charge in [0.1, 0.15) is 0 Å². The lowest BCUT2D eigenvalue weighted by Crippen LogP contribution is -2.30. The maximum atomic E-state index is 11.4. The van der Waals surface area contributed by atoms with Crippen molar-refractivity contribution >= 4 is 21.4 Å². The molecule has 0 saturated carbocycles. The zero-order valence-corrected chi connectivity index (χ0v) is 9.94. The van der Waals surface area contributed by atoms with Gasteiger partial charge in [-0.2, -0.15) is 0 Å². The van der Waals surface area contributed by atoms with E-state index in [1.807, 2.05) is 5.38 Å². The molecular formula is C8H14N2O2S2. The quantitative estimate of drug-likeness (QED) is 0.762. The number of nitrogens with zero attached hydrogens (tertiary/aromatic N) is 2. The molecule has 0 aliphatic heterocycles. The zero-order valence-electron chi connectivity index (χ0n) is 8.30. The monoisotopic (exact) mass is 234 g/mol. The van der Waals surface area contributed by atoms with E-state index in [9.17, 15) is 8.42 Å². The molecule has 0 unspecified atom stereocenters. The first-order valence-corrected chi connectivity index (χ1v) is 6.87. The van der Waals surface area contributed by atoms with Crippen molar-refractivity contribution in [2.45, 2.75) is 13.3 Å². The van der Waals surface area contributed by atoms with Gasteiger partial charge in [-0.05, 0) is 6.92 Å². The lowest BCUT2D eigenvalue weighted by molar-refractivity contribution is 0.473. The maximum absolute atomic E-state index is 11.4. The third-order valence-corrected chi connectivity index (χ3v) is 4.67. The highest BCUT2D eigenvalue weighted by molar-refractivity contribution is 7.89. The van der Waals surface area contributed by atoms with Gasteiger partial charge >= 0.3 is 0 Å². The minimum absolute atomic E-state index is 0.154. The van der Waals surface area contributed by atoms with Crippen LogP contribution < -0.4 is 0 Å². The summed E-state index contributed by atoms with van der Waals surface area (Å²) in [4.78, 5) is 4.09. The fraction of sp³-hybridized carbons (Fsp3) is 0.625. The number of likely N-dealkylation sites (N-methyl/N-ethyl adjacent to an activating group) is 1. The molecular weight excluding hydrogens is 220 g/mol.